The van der Waals surface area contributed by atoms with Gasteiger partial charge < -0.3 is 10.2 Å². The number of anilines is 2. The molecule has 1 aliphatic heterocycles. The number of nitrogens with zero attached hydrogens (tertiary/aromatic N) is 5. The molecular weight excluding hydrogens is 300 g/mol. The lowest BCUT2D eigenvalue weighted by atomic mass is 10.0. The van der Waals surface area contributed by atoms with Gasteiger partial charge in [-0.25, -0.2) is 9.97 Å². The van der Waals surface area contributed by atoms with E-state index in [-0.39, 0.29) is 0 Å². The zero-order chi connectivity index (χ0) is 16.8. The van der Waals surface area contributed by atoms with Gasteiger partial charge in [-0.15, -0.1) is 0 Å². The molecule has 24 heavy (non-hydrogen) atoms. The van der Waals surface area contributed by atoms with Crippen molar-refractivity contribution in [3.8, 4) is 6.07 Å². The van der Waals surface area contributed by atoms with Gasteiger partial charge in [0.1, 0.15) is 6.07 Å². The Bertz CT molecular complexity index is 698. The summed E-state index contributed by atoms with van der Waals surface area (Å²) in [5, 5.41) is 12.5. The summed E-state index contributed by atoms with van der Waals surface area (Å²) in [6.45, 7) is 4.01. The monoisotopic (exact) mass is 322 g/mol. The van der Waals surface area contributed by atoms with Gasteiger partial charge in [-0.3, -0.25) is 4.98 Å². The van der Waals surface area contributed by atoms with Crippen molar-refractivity contribution < 1.29 is 0 Å². The first kappa shape index (κ1) is 16.2. The van der Waals surface area contributed by atoms with Crippen LogP contribution >= 0.6 is 0 Å². The van der Waals surface area contributed by atoms with Crippen molar-refractivity contribution in [2.45, 2.75) is 38.6 Å². The summed E-state index contributed by atoms with van der Waals surface area (Å²) in [4.78, 5) is 15.0. The highest BCUT2D eigenvalue weighted by Gasteiger charge is 2.21. The van der Waals surface area contributed by atoms with Crippen molar-refractivity contribution in [1.29, 1.82) is 5.26 Å². The molecule has 0 amide bonds. The lowest BCUT2D eigenvalue weighted by molar-refractivity contribution is 0.519. The third-order valence-electron chi connectivity index (χ3n) is 4.34. The van der Waals surface area contributed by atoms with Gasteiger partial charge in [-0.05, 0) is 30.9 Å². The van der Waals surface area contributed by atoms with Crippen LogP contribution in [0.5, 0.6) is 0 Å². The van der Waals surface area contributed by atoms with Crippen LogP contribution in [0, 0.1) is 11.3 Å². The van der Waals surface area contributed by atoms with Gasteiger partial charge in [0.15, 0.2) is 0 Å². The van der Waals surface area contributed by atoms with E-state index in [0.29, 0.717) is 17.6 Å². The first-order valence-electron chi connectivity index (χ1n) is 8.46. The summed E-state index contributed by atoms with van der Waals surface area (Å²) in [7, 11) is 0. The van der Waals surface area contributed by atoms with Crippen molar-refractivity contribution in [1.82, 2.24) is 15.0 Å². The van der Waals surface area contributed by atoms with E-state index in [0.717, 1.165) is 44.5 Å². The van der Waals surface area contributed by atoms with Gasteiger partial charge in [0, 0.05) is 25.3 Å². The fraction of sp³-hybridized carbons (Fsp3) is 0.444. The molecule has 0 saturated carbocycles. The summed E-state index contributed by atoms with van der Waals surface area (Å²) < 4.78 is 0. The van der Waals surface area contributed by atoms with Crippen LogP contribution in [0.2, 0.25) is 0 Å². The fourth-order valence-corrected chi connectivity index (χ4v) is 3.03. The van der Waals surface area contributed by atoms with E-state index in [2.05, 4.69) is 38.2 Å². The van der Waals surface area contributed by atoms with Crippen molar-refractivity contribution in [3.05, 3.63) is 42.0 Å². The summed E-state index contributed by atoms with van der Waals surface area (Å²) >= 11 is 0. The average Bonchev–Trinajstić information content (AvgIpc) is 2.64. The van der Waals surface area contributed by atoms with Crippen LogP contribution in [0.25, 0.3) is 0 Å². The lowest BCUT2D eigenvalue weighted by Crippen LogP contribution is -2.40. The molecule has 124 valence electrons. The molecule has 0 unspecified atom stereocenters. The number of pyridine rings is 1. The van der Waals surface area contributed by atoms with Gasteiger partial charge in [0.25, 0.3) is 0 Å². The molecule has 3 heterocycles. The van der Waals surface area contributed by atoms with Crippen LogP contribution in [0.4, 0.5) is 11.6 Å². The minimum absolute atomic E-state index is 0.444. The molecule has 1 saturated heterocycles. The van der Waals surface area contributed by atoms with E-state index in [1.165, 1.54) is 5.56 Å². The maximum absolute atomic E-state index is 8.82. The first-order valence-corrected chi connectivity index (χ1v) is 8.46. The largest absolute Gasteiger partial charge is 0.381 e. The zero-order valence-electron chi connectivity index (χ0n) is 13.9. The van der Waals surface area contributed by atoms with Crippen LogP contribution < -0.4 is 10.2 Å². The summed E-state index contributed by atoms with van der Waals surface area (Å²) in [6, 6.07) is 4.59. The zero-order valence-corrected chi connectivity index (χ0v) is 13.9. The Morgan fingerprint density at radius 1 is 1.25 bits per heavy atom. The van der Waals surface area contributed by atoms with Crippen LogP contribution in [-0.4, -0.2) is 34.1 Å². The topological polar surface area (TPSA) is 77.7 Å². The molecule has 0 aliphatic carbocycles. The molecule has 0 aromatic carbocycles. The second kappa shape index (κ2) is 7.73. The van der Waals surface area contributed by atoms with E-state index in [1.54, 1.807) is 12.4 Å². The Morgan fingerprint density at radius 2 is 2.00 bits per heavy atom. The van der Waals surface area contributed by atoms with E-state index in [9.17, 15) is 0 Å². The number of aryl methyl sites for hydroxylation is 1. The maximum Gasteiger partial charge on any atom is 0.225 e. The Labute approximate surface area is 142 Å². The van der Waals surface area contributed by atoms with Crippen LogP contribution in [0.3, 0.4) is 0 Å². The molecule has 2 aromatic heterocycles. The molecule has 0 atom stereocenters. The second-order valence-corrected chi connectivity index (χ2v) is 6.07. The SMILES string of the molecule is CCCc1ccncc1NC1CCN(c2ncc(C#N)cn2)CC1. The molecule has 6 heteroatoms. The Morgan fingerprint density at radius 3 is 2.67 bits per heavy atom. The Hall–Kier alpha value is -2.68. The molecule has 0 radical (unpaired) electrons. The van der Waals surface area contributed by atoms with Crippen LogP contribution in [-0.2, 0) is 6.42 Å². The average molecular weight is 322 g/mol. The van der Waals surface area contributed by atoms with Crippen molar-refractivity contribution in [3.63, 3.8) is 0 Å². The predicted octanol–water partition coefficient (Wildman–Crippen LogP) is 2.78. The van der Waals surface area contributed by atoms with Gasteiger partial charge in [-0.2, -0.15) is 5.26 Å². The quantitative estimate of drug-likeness (QED) is 0.912. The molecule has 0 spiro atoms. The lowest BCUT2D eigenvalue weighted by Gasteiger charge is -2.33. The smallest absolute Gasteiger partial charge is 0.225 e. The number of nitriles is 1. The second-order valence-electron chi connectivity index (χ2n) is 6.07. The summed E-state index contributed by atoms with van der Waals surface area (Å²) in [5.74, 6) is 0.709. The van der Waals surface area contributed by atoms with E-state index in [4.69, 9.17) is 5.26 Å². The van der Waals surface area contributed by atoms with E-state index < -0.39 is 0 Å². The summed E-state index contributed by atoms with van der Waals surface area (Å²) in [5.41, 5.74) is 2.99. The molecule has 3 rings (SSSR count). The highest BCUT2D eigenvalue weighted by atomic mass is 15.3. The minimum atomic E-state index is 0.444. The van der Waals surface area contributed by atoms with Gasteiger partial charge in [0.2, 0.25) is 5.95 Å². The standard InChI is InChI=1S/C18H22N6/c1-2-3-15-4-7-20-13-17(15)23-16-5-8-24(9-6-16)18-21-11-14(10-19)12-22-18/h4,7,11-13,16,23H,2-3,5-6,8-9H2,1H3. The normalized spacial score (nSPS) is 15.1. The van der Waals surface area contributed by atoms with Crippen LogP contribution in [0.1, 0.15) is 37.3 Å². The maximum atomic E-state index is 8.82. The number of nitrogens with one attached hydrogen (secondary N) is 1. The number of hydrogen-bond donors (Lipinski definition) is 1. The van der Waals surface area contributed by atoms with Crippen molar-refractivity contribution in [2.75, 3.05) is 23.3 Å². The van der Waals surface area contributed by atoms with Gasteiger partial charge in [0.05, 0.1) is 29.8 Å². The third kappa shape index (κ3) is 3.80. The van der Waals surface area contributed by atoms with Crippen LogP contribution in [0.15, 0.2) is 30.9 Å². The highest BCUT2D eigenvalue weighted by Crippen LogP contribution is 2.22. The number of rotatable bonds is 5. The number of piperidine rings is 1. The fourth-order valence-electron chi connectivity index (χ4n) is 3.03. The Balaban J connectivity index is 1.58. The van der Waals surface area contributed by atoms with Crippen molar-refractivity contribution in [2.24, 2.45) is 0 Å². The molecular formula is C18H22N6. The van der Waals surface area contributed by atoms with E-state index >= 15 is 0 Å². The van der Waals surface area contributed by atoms with Gasteiger partial charge in [-0.1, -0.05) is 13.3 Å². The third-order valence-corrected chi connectivity index (χ3v) is 4.34. The van der Waals surface area contributed by atoms with Gasteiger partial charge >= 0.3 is 0 Å². The molecule has 1 N–H and O–H groups in total. The molecule has 2 aromatic rings. The van der Waals surface area contributed by atoms with Crippen molar-refractivity contribution >= 4 is 11.6 Å². The molecule has 6 nitrogen and oxygen atoms in total. The Kier molecular flexibility index (Phi) is 5.22. The number of hydrogen-bond acceptors (Lipinski definition) is 6. The van der Waals surface area contributed by atoms with E-state index in [1.807, 2.05) is 18.5 Å². The first-order chi connectivity index (χ1) is 11.8. The number of aromatic nitrogens is 3. The molecule has 1 fully saturated rings. The molecule has 0 bridgehead atoms. The predicted molar refractivity (Wildman–Crippen MR) is 93.8 cm³/mol. The highest BCUT2D eigenvalue weighted by molar-refractivity contribution is 5.50. The minimum Gasteiger partial charge on any atom is -0.381 e. The molecule has 1 aliphatic rings. The summed E-state index contributed by atoms with van der Waals surface area (Å²) in [6.07, 6.45) is 11.2.